The number of ether oxygens (including phenoxy) is 1. The number of rotatable bonds is 8. The van der Waals surface area contributed by atoms with Gasteiger partial charge in [0.1, 0.15) is 0 Å². The maximum absolute atomic E-state index is 12.7. The number of benzene rings is 1. The van der Waals surface area contributed by atoms with Crippen LogP contribution in [0.25, 0.3) is 22.3 Å². The zero-order chi connectivity index (χ0) is 22.6. The second kappa shape index (κ2) is 10.3. The molecule has 0 spiro atoms. The molecule has 5 rings (SSSR count). The minimum atomic E-state index is 0.0651. The van der Waals surface area contributed by atoms with Crippen molar-refractivity contribution in [2.45, 2.75) is 56.5 Å². The van der Waals surface area contributed by atoms with Crippen LogP contribution in [-0.2, 0) is 16.1 Å². The zero-order valence-electron chi connectivity index (χ0n) is 19.1. The number of likely N-dealkylation sites (tertiary alicyclic amines) is 1. The van der Waals surface area contributed by atoms with Crippen molar-refractivity contribution in [3.8, 4) is 11.4 Å². The molecule has 1 unspecified atom stereocenters. The van der Waals surface area contributed by atoms with Crippen molar-refractivity contribution in [3.63, 3.8) is 0 Å². The molecule has 33 heavy (non-hydrogen) atoms. The number of piperidine rings is 1. The molecule has 0 aliphatic carbocycles. The smallest absolute Gasteiger partial charge is 0.230 e. The van der Waals surface area contributed by atoms with Gasteiger partial charge in [0.2, 0.25) is 5.91 Å². The third-order valence-electron chi connectivity index (χ3n) is 6.69. The molecule has 1 aromatic carbocycles. The summed E-state index contributed by atoms with van der Waals surface area (Å²) in [6.07, 6.45) is 6.30. The van der Waals surface area contributed by atoms with Crippen LogP contribution in [0.5, 0.6) is 0 Å². The van der Waals surface area contributed by atoms with E-state index in [-0.39, 0.29) is 18.1 Å². The third-order valence-corrected chi connectivity index (χ3v) is 7.66. The topological polar surface area (TPSA) is 88.1 Å². The van der Waals surface area contributed by atoms with Gasteiger partial charge in [-0.2, -0.15) is 0 Å². The molecule has 4 heterocycles. The van der Waals surface area contributed by atoms with E-state index < -0.39 is 0 Å². The lowest BCUT2D eigenvalue weighted by Gasteiger charge is -2.31. The summed E-state index contributed by atoms with van der Waals surface area (Å²) in [6, 6.07) is 8.48. The van der Waals surface area contributed by atoms with Gasteiger partial charge in [0.15, 0.2) is 11.0 Å². The third kappa shape index (κ3) is 5.10. The molecular weight excluding hydrogens is 436 g/mol. The average Bonchev–Trinajstić information content (AvgIpc) is 3.59. The predicted octanol–water partition coefficient (Wildman–Crippen LogP) is 3.30. The fourth-order valence-corrected chi connectivity index (χ4v) is 5.56. The fourth-order valence-electron chi connectivity index (χ4n) is 4.80. The summed E-state index contributed by atoms with van der Waals surface area (Å²) >= 11 is 1.46. The lowest BCUT2D eigenvalue weighted by molar-refractivity contribution is -0.119. The van der Waals surface area contributed by atoms with Gasteiger partial charge < -0.3 is 19.9 Å². The molecule has 0 saturated carbocycles. The second-order valence-electron chi connectivity index (χ2n) is 8.86. The van der Waals surface area contributed by atoms with Crippen LogP contribution in [0.1, 0.15) is 32.6 Å². The van der Waals surface area contributed by atoms with Gasteiger partial charge in [0.05, 0.1) is 18.4 Å². The highest BCUT2D eigenvalue weighted by Crippen LogP contribution is 2.31. The van der Waals surface area contributed by atoms with E-state index >= 15 is 0 Å². The Morgan fingerprint density at radius 1 is 1.24 bits per heavy atom. The molecule has 2 aromatic heterocycles. The summed E-state index contributed by atoms with van der Waals surface area (Å²) in [5.41, 5.74) is 2.09. The van der Waals surface area contributed by atoms with E-state index in [0.717, 1.165) is 79.4 Å². The lowest BCUT2D eigenvalue weighted by Crippen LogP contribution is -2.45. The Hall–Kier alpha value is -2.36. The zero-order valence-corrected chi connectivity index (χ0v) is 19.9. The summed E-state index contributed by atoms with van der Waals surface area (Å²) in [5, 5.41) is 14.1. The van der Waals surface area contributed by atoms with Crippen LogP contribution in [-0.4, -0.2) is 74.7 Å². The summed E-state index contributed by atoms with van der Waals surface area (Å²) < 4.78 is 8.04. The number of aromatic nitrogens is 4. The Kier molecular flexibility index (Phi) is 6.99. The van der Waals surface area contributed by atoms with Crippen molar-refractivity contribution in [2.24, 2.45) is 0 Å². The van der Waals surface area contributed by atoms with E-state index in [1.807, 2.05) is 18.3 Å². The first-order valence-corrected chi connectivity index (χ1v) is 13.0. The number of fused-ring (bicyclic) bond motifs is 1. The van der Waals surface area contributed by atoms with Gasteiger partial charge in [0.25, 0.3) is 0 Å². The SMILES string of the molecule is CCN1CCC(NC(=O)CSc2nnc(-c3c[nH]c4ccccc34)n2CC2CCCO2)CC1. The first-order chi connectivity index (χ1) is 16.2. The van der Waals surface area contributed by atoms with E-state index in [1.54, 1.807) is 0 Å². The van der Waals surface area contributed by atoms with E-state index in [9.17, 15) is 4.79 Å². The quantitative estimate of drug-likeness (QED) is 0.493. The number of thioether (sulfide) groups is 1. The van der Waals surface area contributed by atoms with Crippen LogP contribution < -0.4 is 5.32 Å². The first kappa shape index (κ1) is 22.4. The number of H-pyrrole nitrogens is 1. The van der Waals surface area contributed by atoms with Crippen molar-refractivity contribution >= 4 is 28.6 Å². The van der Waals surface area contributed by atoms with Gasteiger partial charge in [-0.25, -0.2) is 0 Å². The minimum Gasteiger partial charge on any atom is -0.376 e. The lowest BCUT2D eigenvalue weighted by atomic mass is 10.1. The van der Waals surface area contributed by atoms with Gasteiger partial charge in [-0.15, -0.1) is 10.2 Å². The molecule has 176 valence electrons. The molecule has 1 atom stereocenters. The second-order valence-corrected chi connectivity index (χ2v) is 9.81. The highest BCUT2D eigenvalue weighted by Gasteiger charge is 2.24. The predicted molar refractivity (Wildman–Crippen MR) is 130 cm³/mol. The molecule has 3 aromatic rings. The normalized spacial score (nSPS) is 20.0. The van der Waals surface area contributed by atoms with Crippen molar-refractivity contribution in [2.75, 3.05) is 32.0 Å². The monoisotopic (exact) mass is 468 g/mol. The summed E-state index contributed by atoms with van der Waals surface area (Å²) in [6.45, 7) is 6.87. The van der Waals surface area contributed by atoms with Crippen LogP contribution in [0.4, 0.5) is 0 Å². The Balaban J connectivity index is 1.30. The fraction of sp³-hybridized carbons (Fsp3) is 0.542. The van der Waals surface area contributed by atoms with Crippen LogP contribution in [0.15, 0.2) is 35.6 Å². The first-order valence-electron chi connectivity index (χ1n) is 12.0. The number of hydrogen-bond acceptors (Lipinski definition) is 6. The maximum atomic E-state index is 12.7. The van der Waals surface area contributed by atoms with Crippen molar-refractivity contribution in [1.29, 1.82) is 0 Å². The average molecular weight is 469 g/mol. The van der Waals surface area contributed by atoms with Crippen LogP contribution >= 0.6 is 11.8 Å². The number of para-hydroxylation sites is 1. The maximum Gasteiger partial charge on any atom is 0.230 e. The van der Waals surface area contributed by atoms with Crippen LogP contribution in [0.2, 0.25) is 0 Å². The Morgan fingerprint density at radius 3 is 2.88 bits per heavy atom. The van der Waals surface area contributed by atoms with E-state index in [0.29, 0.717) is 12.3 Å². The molecule has 2 N–H and O–H groups in total. The van der Waals surface area contributed by atoms with Gasteiger partial charge in [-0.3, -0.25) is 9.36 Å². The summed E-state index contributed by atoms with van der Waals surface area (Å²) in [7, 11) is 0. The molecule has 9 heteroatoms. The minimum absolute atomic E-state index is 0.0651. The molecule has 1 amide bonds. The van der Waals surface area contributed by atoms with E-state index in [1.165, 1.54) is 11.8 Å². The molecular formula is C24H32N6O2S. The van der Waals surface area contributed by atoms with Gasteiger partial charge in [-0.05, 0) is 38.3 Å². The number of amides is 1. The molecule has 2 aliphatic heterocycles. The molecule has 0 bridgehead atoms. The molecule has 2 fully saturated rings. The number of nitrogens with one attached hydrogen (secondary N) is 2. The molecule has 2 aliphatic rings. The number of carbonyl (C=O) groups excluding carboxylic acids is 1. The van der Waals surface area contributed by atoms with Crippen molar-refractivity contribution < 1.29 is 9.53 Å². The van der Waals surface area contributed by atoms with Gasteiger partial charge >= 0.3 is 0 Å². The molecule has 8 nitrogen and oxygen atoms in total. The number of nitrogens with zero attached hydrogens (tertiary/aromatic N) is 4. The van der Waals surface area contributed by atoms with E-state index in [2.05, 4.69) is 49.0 Å². The van der Waals surface area contributed by atoms with Gasteiger partial charge in [0, 0.05) is 48.4 Å². The number of hydrogen-bond donors (Lipinski definition) is 2. The Labute approximate surface area is 198 Å². The van der Waals surface area contributed by atoms with Crippen LogP contribution in [0.3, 0.4) is 0 Å². The Bertz CT molecular complexity index is 1080. The van der Waals surface area contributed by atoms with E-state index in [4.69, 9.17) is 4.74 Å². The van der Waals surface area contributed by atoms with Crippen molar-refractivity contribution in [1.82, 2.24) is 30.0 Å². The van der Waals surface area contributed by atoms with Crippen molar-refractivity contribution in [3.05, 3.63) is 30.5 Å². The van der Waals surface area contributed by atoms with Gasteiger partial charge in [-0.1, -0.05) is 36.9 Å². The summed E-state index contributed by atoms with van der Waals surface area (Å²) in [5.74, 6) is 1.22. The number of aromatic amines is 1. The molecule has 0 radical (unpaired) electrons. The number of carbonyl (C=O) groups is 1. The molecule has 2 saturated heterocycles. The standard InChI is InChI=1S/C24H32N6O2S/c1-2-29-11-9-17(10-12-29)26-22(31)16-33-24-28-27-23(30(24)15-18-6-5-13-32-18)20-14-25-21-8-4-3-7-19(20)21/h3-4,7-8,14,17-18,25H,2,5-6,9-13,15-16H2,1H3,(H,26,31). The summed E-state index contributed by atoms with van der Waals surface area (Å²) in [4.78, 5) is 18.4. The largest absolute Gasteiger partial charge is 0.376 e. The highest BCUT2D eigenvalue weighted by atomic mass is 32.2. The Morgan fingerprint density at radius 2 is 2.09 bits per heavy atom. The van der Waals surface area contributed by atoms with Crippen LogP contribution in [0, 0.1) is 0 Å². The highest BCUT2D eigenvalue weighted by molar-refractivity contribution is 7.99.